The van der Waals surface area contributed by atoms with Gasteiger partial charge in [0.05, 0.1) is 10.9 Å². The van der Waals surface area contributed by atoms with Crippen LogP contribution in [-0.4, -0.2) is 18.4 Å². The molecule has 3 aromatic carbocycles. The lowest BCUT2D eigenvalue weighted by Gasteiger charge is -2.11. The second-order valence-corrected chi connectivity index (χ2v) is 6.58. The minimum Gasteiger partial charge on any atom is -0.483 e. The van der Waals surface area contributed by atoms with Crippen molar-refractivity contribution in [2.45, 2.75) is 6.42 Å². The maximum atomic E-state index is 12.8. The zero-order chi connectivity index (χ0) is 19.2. The van der Waals surface area contributed by atoms with Gasteiger partial charge in [-0.05, 0) is 50.5 Å². The molecular weight excluding hydrogens is 415 g/mol. The lowest BCUT2D eigenvalue weighted by atomic mass is 10.1. The molecule has 0 heterocycles. The SMILES string of the molecule is O=C(COc1ccc2ccccc2c1Br)NNC(=O)Cc1ccc(F)cc1. The van der Waals surface area contributed by atoms with E-state index < -0.39 is 11.8 Å². The van der Waals surface area contributed by atoms with Crippen LogP contribution in [-0.2, 0) is 16.0 Å². The first-order chi connectivity index (χ1) is 13.0. The Bertz CT molecular complexity index is 977. The number of rotatable bonds is 5. The van der Waals surface area contributed by atoms with Crippen molar-refractivity contribution in [1.29, 1.82) is 0 Å². The molecule has 0 saturated heterocycles. The first-order valence-corrected chi connectivity index (χ1v) is 8.94. The Hall–Kier alpha value is -2.93. The fourth-order valence-corrected chi connectivity index (χ4v) is 3.08. The minimum atomic E-state index is -0.498. The number of hydrogen-bond donors (Lipinski definition) is 2. The van der Waals surface area contributed by atoms with Gasteiger partial charge in [0.1, 0.15) is 11.6 Å². The summed E-state index contributed by atoms with van der Waals surface area (Å²) in [7, 11) is 0. The second kappa shape index (κ2) is 8.64. The Labute approximate surface area is 163 Å². The third-order valence-corrected chi connectivity index (χ3v) is 4.62. The fraction of sp³-hybridized carbons (Fsp3) is 0.100. The number of hydrazine groups is 1. The quantitative estimate of drug-likeness (QED) is 0.608. The Kier molecular flexibility index (Phi) is 6.03. The van der Waals surface area contributed by atoms with E-state index in [9.17, 15) is 14.0 Å². The Morgan fingerprint density at radius 1 is 0.926 bits per heavy atom. The van der Waals surface area contributed by atoms with Crippen LogP contribution in [0.25, 0.3) is 10.8 Å². The molecule has 138 valence electrons. The maximum Gasteiger partial charge on any atom is 0.276 e. The summed E-state index contributed by atoms with van der Waals surface area (Å²) in [5, 5.41) is 2.03. The van der Waals surface area contributed by atoms with Crippen molar-refractivity contribution in [2.75, 3.05) is 6.61 Å². The van der Waals surface area contributed by atoms with Crippen molar-refractivity contribution in [3.8, 4) is 5.75 Å². The van der Waals surface area contributed by atoms with Gasteiger partial charge in [-0.3, -0.25) is 20.4 Å². The summed E-state index contributed by atoms with van der Waals surface area (Å²) in [4.78, 5) is 23.7. The number of benzene rings is 3. The van der Waals surface area contributed by atoms with Crippen molar-refractivity contribution in [3.05, 3.63) is 76.5 Å². The average molecular weight is 431 g/mol. The highest BCUT2D eigenvalue weighted by molar-refractivity contribution is 9.10. The molecule has 7 heteroatoms. The summed E-state index contributed by atoms with van der Waals surface area (Å²) in [5.74, 6) is -0.754. The van der Waals surface area contributed by atoms with Crippen LogP contribution < -0.4 is 15.6 Å². The van der Waals surface area contributed by atoms with Gasteiger partial charge in [-0.1, -0.05) is 42.5 Å². The number of carbonyl (C=O) groups excluding carboxylic acids is 2. The molecule has 0 aliphatic rings. The van der Waals surface area contributed by atoms with Gasteiger partial charge in [0.25, 0.3) is 5.91 Å². The number of carbonyl (C=O) groups is 2. The van der Waals surface area contributed by atoms with E-state index in [2.05, 4.69) is 26.8 Å². The van der Waals surface area contributed by atoms with Crippen LogP contribution in [0.1, 0.15) is 5.56 Å². The van der Waals surface area contributed by atoms with Crippen LogP contribution in [0.4, 0.5) is 4.39 Å². The topological polar surface area (TPSA) is 67.4 Å². The number of amides is 2. The highest BCUT2D eigenvalue weighted by Gasteiger charge is 2.10. The number of fused-ring (bicyclic) bond motifs is 1. The lowest BCUT2D eigenvalue weighted by Crippen LogP contribution is -2.44. The molecule has 0 fully saturated rings. The highest BCUT2D eigenvalue weighted by Crippen LogP contribution is 2.32. The monoisotopic (exact) mass is 430 g/mol. The molecular formula is C20H16BrFN2O3. The first-order valence-electron chi connectivity index (χ1n) is 8.15. The Balaban J connectivity index is 1.49. The van der Waals surface area contributed by atoms with Crippen LogP contribution in [0.15, 0.2) is 65.1 Å². The summed E-state index contributed by atoms with van der Waals surface area (Å²) >= 11 is 3.48. The zero-order valence-electron chi connectivity index (χ0n) is 14.2. The van der Waals surface area contributed by atoms with Gasteiger partial charge in [-0.2, -0.15) is 0 Å². The van der Waals surface area contributed by atoms with E-state index in [0.29, 0.717) is 11.3 Å². The van der Waals surface area contributed by atoms with Crippen molar-refractivity contribution in [3.63, 3.8) is 0 Å². The third-order valence-electron chi connectivity index (χ3n) is 3.81. The molecule has 0 bridgehead atoms. The molecule has 3 rings (SSSR count). The number of halogens is 2. The fourth-order valence-electron chi connectivity index (χ4n) is 2.48. The molecule has 2 N–H and O–H groups in total. The van der Waals surface area contributed by atoms with Crippen molar-refractivity contribution in [2.24, 2.45) is 0 Å². The predicted octanol–water partition coefficient (Wildman–Crippen LogP) is 3.51. The molecule has 0 aliphatic carbocycles. The number of hydrogen-bond acceptors (Lipinski definition) is 3. The maximum absolute atomic E-state index is 12.8. The molecule has 0 spiro atoms. The number of ether oxygens (including phenoxy) is 1. The largest absolute Gasteiger partial charge is 0.483 e. The van der Waals surface area contributed by atoms with E-state index in [-0.39, 0.29) is 18.8 Å². The van der Waals surface area contributed by atoms with Gasteiger partial charge in [-0.15, -0.1) is 0 Å². The molecule has 0 atom stereocenters. The van der Waals surface area contributed by atoms with Gasteiger partial charge < -0.3 is 4.74 Å². The summed E-state index contributed by atoms with van der Waals surface area (Å²) in [6.07, 6.45) is 0.0254. The summed E-state index contributed by atoms with van der Waals surface area (Å²) in [6, 6.07) is 17.0. The van der Waals surface area contributed by atoms with Crippen LogP contribution in [0.2, 0.25) is 0 Å². The average Bonchev–Trinajstić information content (AvgIpc) is 2.68. The standard InChI is InChI=1S/C20H16BrFN2O3/c21-20-16-4-2-1-3-14(16)7-10-17(20)27-12-19(26)24-23-18(25)11-13-5-8-15(22)9-6-13/h1-10H,11-12H2,(H,23,25)(H,24,26). The van der Waals surface area contributed by atoms with E-state index in [0.717, 1.165) is 15.2 Å². The van der Waals surface area contributed by atoms with Crippen LogP contribution >= 0.6 is 15.9 Å². The molecule has 27 heavy (non-hydrogen) atoms. The predicted molar refractivity (Wildman–Crippen MR) is 104 cm³/mol. The van der Waals surface area contributed by atoms with Crippen LogP contribution in [0.5, 0.6) is 5.75 Å². The van der Waals surface area contributed by atoms with Crippen molar-refractivity contribution >= 4 is 38.5 Å². The smallest absolute Gasteiger partial charge is 0.276 e. The van der Waals surface area contributed by atoms with E-state index in [4.69, 9.17) is 4.74 Å². The summed E-state index contributed by atoms with van der Waals surface area (Å²) in [6.45, 7) is -0.256. The summed E-state index contributed by atoms with van der Waals surface area (Å²) < 4.78 is 19.1. The first kappa shape index (κ1) is 18.8. The van der Waals surface area contributed by atoms with Gasteiger partial charge in [-0.25, -0.2) is 4.39 Å². The second-order valence-electron chi connectivity index (χ2n) is 5.79. The van der Waals surface area contributed by atoms with Crippen LogP contribution in [0, 0.1) is 5.82 Å². The van der Waals surface area contributed by atoms with Gasteiger partial charge >= 0.3 is 0 Å². The highest BCUT2D eigenvalue weighted by atomic mass is 79.9. The van der Waals surface area contributed by atoms with Gasteiger partial charge in [0.15, 0.2) is 6.61 Å². The van der Waals surface area contributed by atoms with Gasteiger partial charge in [0.2, 0.25) is 5.91 Å². The molecule has 3 aromatic rings. The zero-order valence-corrected chi connectivity index (χ0v) is 15.8. The normalized spacial score (nSPS) is 10.4. The minimum absolute atomic E-state index is 0.0254. The molecule has 0 aromatic heterocycles. The van der Waals surface area contributed by atoms with E-state index in [1.54, 1.807) is 6.07 Å². The molecule has 5 nitrogen and oxygen atoms in total. The molecule has 0 aliphatic heterocycles. The van der Waals surface area contributed by atoms with E-state index in [1.165, 1.54) is 24.3 Å². The Morgan fingerprint density at radius 3 is 2.41 bits per heavy atom. The van der Waals surface area contributed by atoms with Crippen molar-refractivity contribution in [1.82, 2.24) is 10.9 Å². The third kappa shape index (κ3) is 5.04. The molecule has 0 radical (unpaired) electrons. The van der Waals surface area contributed by atoms with E-state index in [1.807, 2.05) is 30.3 Å². The van der Waals surface area contributed by atoms with E-state index >= 15 is 0 Å². The number of nitrogens with one attached hydrogen (secondary N) is 2. The molecule has 0 saturated carbocycles. The molecule has 0 unspecified atom stereocenters. The molecule has 2 amide bonds. The lowest BCUT2D eigenvalue weighted by molar-refractivity contribution is -0.129. The van der Waals surface area contributed by atoms with Gasteiger partial charge in [0, 0.05) is 0 Å². The van der Waals surface area contributed by atoms with Crippen LogP contribution in [0.3, 0.4) is 0 Å². The van der Waals surface area contributed by atoms with Crippen molar-refractivity contribution < 1.29 is 18.7 Å². The summed E-state index contributed by atoms with van der Waals surface area (Å²) in [5.41, 5.74) is 5.23. The Morgan fingerprint density at radius 2 is 1.63 bits per heavy atom.